The van der Waals surface area contributed by atoms with E-state index in [0.29, 0.717) is 6.54 Å². The number of para-hydroxylation sites is 1. The fourth-order valence-electron chi connectivity index (χ4n) is 1.09. The first-order valence-corrected chi connectivity index (χ1v) is 4.77. The van der Waals surface area contributed by atoms with E-state index >= 15 is 0 Å². The maximum atomic E-state index is 11.7. The van der Waals surface area contributed by atoms with Crippen LogP contribution in [-0.2, 0) is 0 Å². The van der Waals surface area contributed by atoms with Crippen LogP contribution in [0, 0.1) is 0 Å². The highest BCUT2D eigenvalue weighted by molar-refractivity contribution is 5.97. The lowest BCUT2D eigenvalue weighted by molar-refractivity contribution is 0.0913. The number of phenolic OH excluding ortho intramolecular Hbond substituents is 1. The molecule has 0 unspecified atom stereocenters. The SMILES string of the molecule is CC(C)(CN)NC(=O)c1ccccc1O. The Kier molecular flexibility index (Phi) is 3.31. The van der Waals surface area contributed by atoms with Gasteiger partial charge in [0.15, 0.2) is 0 Å². The quantitative estimate of drug-likeness (QED) is 0.689. The van der Waals surface area contributed by atoms with Crippen molar-refractivity contribution in [1.29, 1.82) is 0 Å². The molecule has 1 aromatic rings. The minimum Gasteiger partial charge on any atom is -0.507 e. The van der Waals surface area contributed by atoms with Gasteiger partial charge in [-0.15, -0.1) is 0 Å². The second-order valence-electron chi connectivity index (χ2n) is 4.06. The van der Waals surface area contributed by atoms with Gasteiger partial charge in [-0.05, 0) is 26.0 Å². The molecule has 0 bridgehead atoms. The van der Waals surface area contributed by atoms with Crippen LogP contribution in [0.5, 0.6) is 5.75 Å². The van der Waals surface area contributed by atoms with Crippen molar-refractivity contribution < 1.29 is 9.90 Å². The Morgan fingerprint density at radius 2 is 2.07 bits per heavy atom. The number of hydrogen-bond donors (Lipinski definition) is 3. The molecule has 4 N–H and O–H groups in total. The number of nitrogens with two attached hydrogens (primary N) is 1. The average molecular weight is 208 g/mol. The molecule has 0 saturated heterocycles. The second kappa shape index (κ2) is 4.31. The van der Waals surface area contributed by atoms with Gasteiger partial charge in [0.25, 0.3) is 5.91 Å². The molecule has 0 atom stereocenters. The van der Waals surface area contributed by atoms with Gasteiger partial charge in [-0.1, -0.05) is 12.1 Å². The van der Waals surface area contributed by atoms with Crippen LogP contribution in [0.4, 0.5) is 0 Å². The van der Waals surface area contributed by atoms with Gasteiger partial charge in [0.2, 0.25) is 0 Å². The van der Waals surface area contributed by atoms with Crippen molar-refractivity contribution in [3.05, 3.63) is 29.8 Å². The predicted molar refractivity (Wildman–Crippen MR) is 58.7 cm³/mol. The molecule has 0 aromatic heterocycles. The summed E-state index contributed by atoms with van der Waals surface area (Å²) in [6, 6.07) is 6.41. The lowest BCUT2D eigenvalue weighted by atomic mass is 10.0. The number of benzene rings is 1. The monoisotopic (exact) mass is 208 g/mol. The van der Waals surface area contributed by atoms with E-state index in [1.807, 2.05) is 13.8 Å². The molecular formula is C11H16N2O2. The molecule has 1 amide bonds. The highest BCUT2D eigenvalue weighted by Gasteiger charge is 2.20. The fourth-order valence-corrected chi connectivity index (χ4v) is 1.09. The number of rotatable bonds is 3. The van der Waals surface area contributed by atoms with E-state index in [4.69, 9.17) is 5.73 Å². The van der Waals surface area contributed by atoms with Gasteiger partial charge in [-0.25, -0.2) is 0 Å². The van der Waals surface area contributed by atoms with Crippen LogP contribution in [0.3, 0.4) is 0 Å². The predicted octanol–water partition coefficient (Wildman–Crippen LogP) is 0.859. The van der Waals surface area contributed by atoms with Gasteiger partial charge in [-0.3, -0.25) is 4.79 Å². The van der Waals surface area contributed by atoms with Gasteiger partial charge >= 0.3 is 0 Å². The Hall–Kier alpha value is -1.55. The van der Waals surface area contributed by atoms with Crippen LogP contribution in [0.25, 0.3) is 0 Å². The second-order valence-corrected chi connectivity index (χ2v) is 4.06. The smallest absolute Gasteiger partial charge is 0.255 e. The molecule has 0 aliphatic carbocycles. The van der Waals surface area contributed by atoms with Crippen molar-refractivity contribution in [3.8, 4) is 5.75 Å². The number of carbonyl (C=O) groups is 1. The molecule has 0 radical (unpaired) electrons. The largest absolute Gasteiger partial charge is 0.507 e. The fraction of sp³-hybridized carbons (Fsp3) is 0.364. The van der Waals surface area contributed by atoms with E-state index < -0.39 is 5.54 Å². The summed E-state index contributed by atoms with van der Waals surface area (Å²) in [5.41, 5.74) is 5.28. The zero-order valence-corrected chi connectivity index (χ0v) is 8.95. The summed E-state index contributed by atoms with van der Waals surface area (Å²) >= 11 is 0. The molecule has 4 nitrogen and oxygen atoms in total. The number of hydrogen-bond acceptors (Lipinski definition) is 3. The summed E-state index contributed by atoms with van der Waals surface area (Å²) in [6.45, 7) is 3.99. The Morgan fingerprint density at radius 3 is 2.60 bits per heavy atom. The Morgan fingerprint density at radius 1 is 1.47 bits per heavy atom. The molecule has 0 aliphatic heterocycles. The van der Waals surface area contributed by atoms with E-state index in [1.165, 1.54) is 6.07 Å². The molecule has 82 valence electrons. The third kappa shape index (κ3) is 2.95. The molecule has 15 heavy (non-hydrogen) atoms. The first-order chi connectivity index (χ1) is 6.96. The normalized spacial score (nSPS) is 11.1. The van der Waals surface area contributed by atoms with Gasteiger partial charge in [0.05, 0.1) is 5.56 Å². The highest BCUT2D eigenvalue weighted by atomic mass is 16.3. The van der Waals surface area contributed by atoms with E-state index in [2.05, 4.69) is 5.32 Å². The van der Waals surface area contributed by atoms with Crippen LogP contribution < -0.4 is 11.1 Å². The molecule has 1 aromatic carbocycles. The Labute approximate surface area is 89.1 Å². The van der Waals surface area contributed by atoms with Crippen molar-refractivity contribution in [2.75, 3.05) is 6.54 Å². The van der Waals surface area contributed by atoms with Gasteiger partial charge < -0.3 is 16.2 Å². The van der Waals surface area contributed by atoms with Crippen LogP contribution in [0.1, 0.15) is 24.2 Å². The molecule has 1 rings (SSSR count). The first-order valence-electron chi connectivity index (χ1n) is 4.77. The van der Waals surface area contributed by atoms with Crippen LogP contribution >= 0.6 is 0 Å². The summed E-state index contributed by atoms with van der Waals surface area (Å²) in [4.78, 5) is 11.7. The first kappa shape index (κ1) is 11.5. The van der Waals surface area contributed by atoms with Gasteiger partial charge in [-0.2, -0.15) is 0 Å². The average Bonchev–Trinajstić information content (AvgIpc) is 2.17. The number of phenols is 1. The third-order valence-corrected chi connectivity index (χ3v) is 2.11. The Bertz CT molecular complexity index is 361. The van der Waals surface area contributed by atoms with Gasteiger partial charge in [0.1, 0.15) is 5.75 Å². The van der Waals surface area contributed by atoms with E-state index in [1.54, 1.807) is 18.2 Å². The van der Waals surface area contributed by atoms with Crippen molar-refractivity contribution in [2.24, 2.45) is 5.73 Å². The number of amides is 1. The van der Waals surface area contributed by atoms with Crippen molar-refractivity contribution in [1.82, 2.24) is 5.32 Å². The molecule has 0 saturated carbocycles. The summed E-state index contributed by atoms with van der Waals surface area (Å²) in [5.74, 6) is -0.341. The van der Waals surface area contributed by atoms with Crippen molar-refractivity contribution in [2.45, 2.75) is 19.4 Å². The van der Waals surface area contributed by atoms with Crippen molar-refractivity contribution in [3.63, 3.8) is 0 Å². The molecule has 4 heteroatoms. The maximum Gasteiger partial charge on any atom is 0.255 e. The van der Waals surface area contributed by atoms with E-state index in [9.17, 15) is 9.90 Å². The number of aromatic hydroxyl groups is 1. The van der Waals surface area contributed by atoms with E-state index in [-0.39, 0.29) is 17.2 Å². The van der Waals surface area contributed by atoms with Crippen LogP contribution in [-0.4, -0.2) is 23.1 Å². The van der Waals surface area contributed by atoms with E-state index in [0.717, 1.165) is 0 Å². The topological polar surface area (TPSA) is 75.3 Å². The van der Waals surface area contributed by atoms with Crippen molar-refractivity contribution >= 4 is 5.91 Å². The van der Waals surface area contributed by atoms with Gasteiger partial charge in [0, 0.05) is 12.1 Å². The highest BCUT2D eigenvalue weighted by Crippen LogP contribution is 2.16. The summed E-state index contributed by atoms with van der Waals surface area (Å²) in [6.07, 6.45) is 0. The number of carbonyl (C=O) groups excluding carboxylic acids is 1. The zero-order valence-electron chi connectivity index (χ0n) is 8.95. The zero-order chi connectivity index (χ0) is 11.5. The number of nitrogens with one attached hydrogen (secondary N) is 1. The van der Waals surface area contributed by atoms with Crippen LogP contribution in [0.2, 0.25) is 0 Å². The summed E-state index contributed by atoms with van der Waals surface area (Å²) in [7, 11) is 0. The lowest BCUT2D eigenvalue weighted by Crippen LogP contribution is -2.48. The lowest BCUT2D eigenvalue weighted by Gasteiger charge is -2.24. The molecule has 0 heterocycles. The Balaban J connectivity index is 2.83. The third-order valence-electron chi connectivity index (χ3n) is 2.11. The maximum absolute atomic E-state index is 11.7. The molecule has 0 spiro atoms. The standard InChI is InChI=1S/C11H16N2O2/c1-11(2,7-12)13-10(15)8-5-3-4-6-9(8)14/h3-6,14H,7,12H2,1-2H3,(H,13,15). The summed E-state index contributed by atoms with van der Waals surface area (Å²) < 4.78 is 0. The summed E-state index contributed by atoms with van der Waals surface area (Å²) in [5, 5.41) is 12.2. The minimum atomic E-state index is -0.473. The van der Waals surface area contributed by atoms with Crippen LogP contribution in [0.15, 0.2) is 24.3 Å². The molecule has 0 aliphatic rings. The molecule has 0 fully saturated rings. The minimum absolute atomic E-state index is 0.0252. The molecular weight excluding hydrogens is 192 g/mol.